The Morgan fingerprint density at radius 2 is 1.71 bits per heavy atom. The Balaban J connectivity index is 1.45. The quantitative estimate of drug-likeness (QED) is 0.253. The molecule has 0 fully saturated rings. The van der Waals surface area contributed by atoms with E-state index in [0.29, 0.717) is 22.9 Å². The lowest BCUT2D eigenvalue weighted by atomic mass is 10.1. The van der Waals surface area contributed by atoms with E-state index in [1.165, 1.54) is 11.6 Å². The number of ether oxygens (including phenoxy) is 3. The Bertz CT molecular complexity index is 1030. The molecule has 5 nitrogen and oxygen atoms in total. The first kappa shape index (κ1) is 22.4. The van der Waals surface area contributed by atoms with Gasteiger partial charge >= 0.3 is 11.9 Å². The van der Waals surface area contributed by atoms with E-state index in [4.69, 9.17) is 25.8 Å². The summed E-state index contributed by atoms with van der Waals surface area (Å²) in [5.74, 6) is -0.272. The van der Waals surface area contributed by atoms with Crippen LogP contribution < -0.4 is 9.47 Å². The van der Waals surface area contributed by atoms with Gasteiger partial charge in [-0.3, -0.25) is 0 Å². The van der Waals surface area contributed by atoms with Crippen molar-refractivity contribution in [3.63, 3.8) is 0 Å². The minimum absolute atomic E-state index is 0.250. The molecule has 0 atom stereocenters. The predicted octanol–water partition coefficient (Wildman–Crippen LogP) is 5.42. The van der Waals surface area contributed by atoms with Crippen molar-refractivity contribution in [3.05, 3.63) is 94.5 Å². The molecule has 3 aromatic rings. The maximum Gasteiger partial charge on any atom is 0.349 e. The summed E-state index contributed by atoms with van der Waals surface area (Å²) < 4.78 is 16.0. The van der Waals surface area contributed by atoms with E-state index in [9.17, 15) is 9.59 Å². The zero-order valence-electron chi connectivity index (χ0n) is 17.2. The molecular weight excluding hydrogens is 416 g/mol. The minimum atomic E-state index is -0.582. The lowest BCUT2D eigenvalue weighted by molar-refractivity contribution is -0.136. The molecule has 0 aliphatic carbocycles. The molecule has 0 aromatic heterocycles. The van der Waals surface area contributed by atoms with Gasteiger partial charge in [-0.25, -0.2) is 9.59 Å². The number of carbonyl (C=O) groups is 2. The number of aryl methyl sites for hydroxylation is 2. The van der Waals surface area contributed by atoms with Crippen LogP contribution in [0.2, 0.25) is 5.02 Å². The number of esters is 2. The molecule has 0 N–H and O–H groups in total. The highest BCUT2D eigenvalue weighted by molar-refractivity contribution is 6.31. The Morgan fingerprint density at radius 1 is 0.903 bits per heavy atom. The lowest BCUT2D eigenvalue weighted by Gasteiger charge is -2.09. The van der Waals surface area contributed by atoms with Gasteiger partial charge in [-0.05, 0) is 67.3 Å². The Kier molecular flexibility index (Phi) is 8.07. The van der Waals surface area contributed by atoms with Gasteiger partial charge in [0.25, 0.3) is 0 Å². The average Bonchev–Trinajstić information content (AvgIpc) is 2.78. The Hall–Kier alpha value is -3.31. The van der Waals surface area contributed by atoms with Crippen LogP contribution in [0.25, 0.3) is 0 Å². The summed E-state index contributed by atoms with van der Waals surface area (Å²) in [6.07, 6.45) is 1.56. The van der Waals surface area contributed by atoms with Crippen molar-refractivity contribution >= 4 is 23.5 Å². The fourth-order valence-electron chi connectivity index (χ4n) is 2.87. The van der Waals surface area contributed by atoms with Gasteiger partial charge in [-0.1, -0.05) is 48.0 Å². The molecule has 3 rings (SSSR count). The van der Waals surface area contributed by atoms with Gasteiger partial charge in [0.1, 0.15) is 11.5 Å². The van der Waals surface area contributed by atoms with Gasteiger partial charge < -0.3 is 14.2 Å². The molecule has 0 amide bonds. The van der Waals surface area contributed by atoms with Crippen LogP contribution in [0.4, 0.5) is 0 Å². The largest absolute Gasteiger partial charge is 0.482 e. The molecular formula is C25H23ClO5. The van der Waals surface area contributed by atoms with Gasteiger partial charge in [0.2, 0.25) is 0 Å². The summed E-state index contributed by atoms with van der Waals surface area (Å²) in [5, 5.41) is 0.624. The number of benzene rings is 3. The van der Waals surface area contributed by atoms with Crippen molar-refractivity contribution in [1.29, 1.82) is 0 Å². The molecule has 0 saturated heterocycles. The molecule has 0 aliphatic rings. The highest BCUT2D eigenvalue weighted by Crippen LogP contribution is 2.21. The molecule has 0 aliphatic heterocycles. The van der Waals surface area contributed by atoms with Crippen LogP contribution in [-0.4, -0.2) is 25.2 Å². The van der Waals surface area contributed by atoms with E-state index in [0.717, 1.165) is 18.4 Å². The maximum absolute atomic E-state index is 12.3. The summed E-state index contributed by atoms with van der Waals surface area (Å²) in [6, 6.07) is 21.4. The Morgan fingerprint density at radius 3 is 2.48 bits per heavy atom. The first-order valence-electron chi connectivity index (χ1n) is 9.92. The molecule has 0 unspecified atom stereocenters. The molecule has 160 valence electrons. The van der Waals surface area contributed by atoms with Gasteiger partial charge in [0, 0.05) is 5.02 Å². The van der Waals surface area contributed by atoms with Crippen LogP contribution in [0.1, 0.15) is 27.9 Å². The van der Waals surface area contributed by atoms with E-state index in [2.05, 4.69) is 0 Å². The van der Waals surface area contributed by atoms with Crippen molar-refractivity contribution in [3.8, 4) is 11.5 Å². The van der Waals surface area contributed by atoms with Crippen molar-refractivity contribution in [2.24, 2.45) is 0 Å². The van der Waals surface area contributed by atoms with E-state index >= 15 is 0 Å². The molecule has 0 bridgehead atoms. The summed E-state index contributed by atoms with van der Waals surface area (Å²) >= 11 is 5.97. The van der Waals surface area contributed by atoms with Crippen LogP contribution in [-0.2, 0) is 16.0 Å². The van der Waals surface area contributed by atoms with Crippen LogP contribution in [0, 0.1) is 6.92 Å². The van der Waals surface area contributed by atoms with Crippen molar-refractivity contribution in [1.82, 2.24) is 0 Å². The molecule has 0 heterocycles. The summed E-state index contributed by atoms with van der Waals surface area (Å²) in [6.45, 7) is 1.89. The van der Waals surface area contributed by atoms with Crippen LogP contribution >= 0.6 is 11.6 Å². The molecule has 6 heteroatoms. The SMILES string of the molecule is Cc1cc(OCC(=O)Oc2cccc(C(=O)OCCCc3ccccc3)c2)ccc1Cl. The summed E-state index contributed by atoms with van der Waals surface area (Å²) in [5.41, 5.74) is 2.37. The van der Waals surface area contributed by atoms with Gasteiger partial charge in [0.15, 0.2) is 6.61 Å². The number of hydrogen-bond acceptors (Lipinski definition) is 5. The maximum atomic E-state index is 12.3. The molecule has 0 spiro atoms. The van der Waals surface area contributed by atoms with Gasteiger partial charge in [-0.2, -0.15) is 0 Å². The minimum Gasteiger partial charge on any atom is -0.482 e. The third-order valence-corrected chi connectivity index (χ3v) is 4.90. The number of carbonyl (C=O) groups excluding carboxylic acids is 2. The van der Waals surface area contributed by atoms with Crippen molar-refractivity contribution in [2.75, 3.05) is 13.2 Å². The smallest absolute Gasteiger partial charge is 0.349 e. The highest BCUT2D eigenvalue weighted by atomic mass is 35.5. The Labute approximate surface area is 186 Å². The van der Waals surface area contributed by atoms with Crippen LogP contribution in [0.5, 0.6) is 11.5 Å². The summed E-state index contributed by atoms with van der Waals surface area (Å²) in [7, 11) is 0. The first-order chi connectivity index (χ1) is 15.0. The van der Waals surface area contributed by atoms with Gasteiger partial charge in [0.05, 0.1) is 12.2 Å². The monoisotopic (exact) mass is 438 g/mol. The standard InChI is InChI=1S/C25H23ClO5/c1-18-15-21(12-13-23(18)26)30-17-24(27)31-22-11-5-10-20(16-22)25(28)29-14-6-9-19-7-3-2-4-8-19/h2-5,7-8,10-13,15-16H,6,9,14,17H2,1H3. The van der Waals surface area contributed by atoms with Crippen molar-refractivity contribution < 1.29 is 23.8 Å². The average molecular weight is 439 g/mol. The number of rotatable bonds is 9. The number of halogens is 1. The van der Waals surface area contributed by atoms with E-state index in [-0.39, 0.29) is 12.4 Å². The molecule has 0 saturated carbocycles. The van der Waals surface area contributed by atoms with E-state index in [1.54, 1.807) is 36.4 Å². The highest BCUT2D eigenvalue weighted by Gasteiger charge is 2.11. The fraction of sp³-hybridized carbons (Fsp3) is 0.200. The first-order valence-corrected chi connectivity index (χ1v) is 10.3. The third kappa shape index (κ3) is 7.15. The third-order valence-electron chi connectivity index (χ3n) is 4.47. The topological polar surface area (TPSA) is 61.8 Å². The number of hydrogen-bond donors (Lipinski definition) is 0. The second kappa shape index (κ2) is 11.2. The second-order valence-electron chi connectivity index (χ2n) is 6.93. The summed E-state index contributed by atoms with van der Waals surface area (Å²) in [4.78, 5) is 24.3. The second-order valence-corrected chi connectivity index (χ2v) is 7.33. The molecule has 0 radical (unpaired) electrons. The predicted molar refractivity (Wildman–Crippen MR) is 119 cm³/mol. The van der Waals surface area contributed by atoms with E-state index < -0.39 is 11.9 Å². The van der Waals surface area contributed by atoms with Crippen molar-refractivity contribution in [2.45, 2.75) is 19.8 Å². The van der Waals surface area contributed by atoms with Crippen LogP contribution in [0.3, 0.4) is 0 Å². The molecule has 31 heavy (non-hydrogen) atoms. The zero-order chi connectivity index (χ0) is 22.1. The lowest BCUT2D eigenvalue weighted by Crippen LogP contribution is -2.18. The van der Waals surface area contributed by atoms with Gasteiger partial charge in [-0.15, -0.1) is 0 Å². The van der Waals surface area contributed by atoms with Crippen LogP contribution in [0.15, 0.2) is 72.8 Å². The fourth-order valence-corrected chi connectivity index (χ4v) is 2.98. The normalized spacial score (nSPS) is 10.4. The molecule has 3 aromatic carbocycles. The zero-order valence-corrected chi connectivity index (χ0v) is 17.9. The van der Waals surface area contributed by atoms with E-state index in [1.807, 2.05) is 37.3 Å².